The highest BCUT2D eigenvalue weighted by atomic mass is 16.5. The zero-order valence-electron chi connectivity index (χ0n) is 14.2. The van der Waals surface area contributed by atoms with Crippen molar-refractivity contribution >= 4 is 18.0 Å². The first-order chi connectivity index (χ1) is 11.5. The molecule has 1 rings (SSSR count). The molecule has 0 aliphatic rings. The summed E-state index contributed by atoms with van der Waals surface area (Å²) in [6.07, 6.45) is 3.81. The topological polar surface area (TPSA) is 85.3 Å². The molecule has 1 amide bonds. The van der Waals surface area contributed by atoms with E-state index in [-0.39, 0.29) is 19.8 Å². The third-order valence-electron chi connectivity index (χ3n) is 3.14. The standard InChI is InChI=1S/C17H23NO6/c1-4-5-13-6-7-14(15(10-13)23-3)24-12-16(19)18(8-9-22-2)11-17(20)21/h4-7,10H,8-9,11-12H2,1-3H3,(H,20,21)/b5-4+. The first-order valence-electron chi connectivity index (χ1n) is 7.43. The van der Waals surface area contributed by atoms with Crippen molar-refractivity contribution in [3.63, 3.8) is 0 Å². The number of aliphatic carboxylic acids is 1. The van der Waals surface area contributed by atoms with Gasteiger partial charge >= 0.3 is 5.97 Å². The van der Waals surface area contributed by atoms with E-state index in [1.165, 1.54) is 19.1 Å². The van der Waals surface area contributed by atoms with Crippen LogP contribution in [-0.4, -0.2) is 62.4 Å². The highest BCUT2D eigenvalue weighted by molar-refractivity contribution is 5.82. The van der Waals surface area contributed by atoms with Crippen LogP contribution in [0.15, 0.2) is 24.3 Å². The molecule has 1 aromatic rings. The highest BCUT2D eigenvalue weighted by Gasteiger charge is 2.18. The minimum absolute atomic E-state index is 0.183. The summed E-state index contributed by atoms with van der Waals surface area (Å²) in [4.78, 5) is 24.2. The Hall–Kier alpha value is -2.54. The van der Waals surface area contributed by atoms with E-state index in [0.29, 0.717) is 11.5 Å². The van der Waals surface area contributed by atoms with Gasteiger partial charge in [0.25, 0.3) is 5.91 Å². The first kappa shape index (κ1) is 19.5. The lowest BCUT2D eigenvalue weighted by atomic mass is 10.2. The Morgan fingerprint density at radius 2 is 2.00 bits per heavy atom. The zero-order chi connectivity index (χ0) is 17.9. The molecule has 0 aliphatic carbocycles. The number of carboxylic acids is 1. The monoisotopic (exact) mass is 337 g/mol. The molecule has 0 aromatic heterocycles. The predicted molar refractivity (Wildman–Crippen MR) is 89.3 cm³/mol. The molecule has 1 N–H and O–H groups in total. The molecule has 0 heterocycles. The van der Waals surface area contributed by atoms with Crippen LogP contribution in [0, 0.1) is 0 Å². The van der Waals surface area contributed by atoms with Crippen LogP contribution < -0.4 is 9.47 Å². The van der Waals surface area contributed by atoms with Crippen LogP contribution in [0.5, 0.6) is 11.5 Å². The number of carbonyl (C=O) groups excluding carboxylic acids is 1. The van der Waals surface area contributed by atoms with E-state index < -0.39 is 18.4 Å². The van der Waals surface area contributed by atoms with Crippen molar-refractivity contribution < 1.29 is 28.9 Å². The molecule has 0 fully saturated rings. The molecular formula is C17H23NO6. The van der Waals surface area contributed by atoms with E-state index in [9.17, 15) is 9.59 Å². The summed E-state index contributed by atoms with van der Waals surface area (Å²) in [5, 5.41) is 8.88. The number of amides is 1. The average Bonchev–Trinajstić information content (AvgIpc) is 2.56. The Balaban J connectivity index is 2.74. The Morgan fingerprint density at radius 3 is 2.58 bits per heavy atom. The number of methoxy groups -OCH3 is 2. The van der Waals surface area contributed by atoms with Crippen LogP contribution in [0.1, 0.15) is 12.5 Å². The molecule has 0 atom stereocenters. The number of allylic oxidation sites excluding steroid dienone is 1. The first-order valence-corrected chi connectivity index (χ1v) is 7.43. The van der Waals surface area contributed by atoms with E-state index in [1.54, 1.807) is 12.1 Å². The van der Waals surface area contributed by atoms with Gasteiger partial charge in [-0.1, -0.05) is 18.2 Å². The number of hydrogen-bond donors (Lipinski definition) is 1. The molecule has 0 saturated carbocycles. The lowest BCUT2D eigenvalue weighted by molar-refractivity contribution is -0.145. The van der Waals surface area contributed by atoms with Crippen molar-refractivity contribution in [3.8, 4) is 11.5 Å². The van der Waals surface area contributed by atoms with Crippen molar-refractivity contribution in [2.45, 2.75) is 6.92 Å². The van der Waals surface area contributed by atoms with E-state index >= 15 is 0 Å². The van der Waals surface area contributed by atoms with Crippen molar-refractivity contribution in [1.29, 1.82) is 0 Å². The lowest BCUT2D eigenvalue weighted by Gasteiger charge is -2.20. The Labute approximate surface area is 141 Å². The summed E-state index contributed by atoms with van der Waals surface area (Å²) < 4.78 is 15.6. The van der Waals surface area contributed by atoms with Crippen LogP contribution in [0.4, 0.5) is 0 Å². The van der Waals surface area contributed by atoms with Gasteiger partial charge in [-0.15, -0.1) is 0 Å². The van der Waals surface area contributed by atoms with Crippen molar-refractivity contribution in [2.24, 2.45) is 0 Å². The fourth-order valence-electron chi connectivity index (χ4n) is 1.99. The molecule has 0 aliphatic heterocycles. The quantitative estimate of drug-likeness (QED) is 0.699. The van der Waals surface area contributed by atoms with Crippen molar-refractivity contribution in [3.05, 3.63) is 29.8 Å². The number of benzene rings is 1. The van der Waals surface area contributed by atoms with Crippen LogP contribution in [-0.2, 0) is 14.3 Å². The van der Waals surface area contributed by atoms with E-state index in [0.717, 1.165) is 5.56 Å². The molecule has 0 radical (unpaired) electrons. The summed E-state index contributed by atoms with van der Waals surface area (Å²) in [5.74, 6) is -0.608. The Kier molecular flexibility index (Phi) is 8.35. The van der Waals surface area contributed by atoms with Gasteiger partial charge in [0.05, 0.1) is 13.7 Å². The smallest absolute Gasteiger partial charge is 0.323 e. The molecule has 7 nitrogen and oxygen atoms in total. The fourth-order valence-corrected chi connectivity index (χ4v) is 1.99. The number of nitrogens with zero attached hydrogens (tertiary/aromatic N) is 1. The molecule has 1 aromatic carbocycles. The molecule has 24 heavy (non-hydrogen) atoms. The van der Waals surface area contributed by atoms with E-state index in [2.05, 4.69) is 0 Å². The van der Waals surface area contributed by atoms with E-state index in [1.807, 2.05) is 25.1 Å². The summed E-state index contributed by atoms with van der Waals surface area (Å²) >= 11 is 0. The summed E-state index contributed by atoms with van der Waals surface area (Å²) in [7, 11) is 3.00. The molecular weight excluding hydrogens is 314 g/mol. The normalized spacial score (nSPS) is 10.6. The van der Waals surface area contributed by atoms with Gasteiger partial charge in [0, 0.05) is 13.7 Å². The minimum Gasteiger partial charge on any atom is -0.493 e. The molecule has 0 saturated heterocycles. The molecule has 7 heteroatoms. The van der Waals surface area contributed by atoms with Gasteiger partial charge in [-0.3, -0.25) is 9.59 Å². The van der Waals surface area contributed by atoms with Gasteiger partial charge in [0.1, 0.15) is 6.54 Å². The molecule has 0 bridgehead atoms. The third kappa shape index (κ3) is 6.29. The number of hydrogen-bond acceptors (Lipinski definition) is 5. The van der Waals surface area contributed by atoms with Gasteiger partial charge in [-0.25, -0.2) is 0 Å². The zero-order valence-corrected chi connectivity index (χ0v) is 14.2. The maximum atomic E-state index is 12.2. The summed E-state index contributed by atoms with van der Waals surface area (Å²) in [6, 6.07) is 5.33. The van der Waals surface area contributed by atoms with Gasteiger partial charge < -0.3 is 24.2 Å². The second kappa shape index (κ2) is 10.3. The molecule has 0 unspecified atom stereocenters. The van der Waals surface area contributed by atoms with Gasteiger partial charge in [0.2, 0.25) is 0 Å². The van der Waals surface area contributed by atoms with Crippen LogP contribution in [0.3, 0.4) is 0 Å². The minimum atomic E-state index is -1.09. The fraction of sp³-hybridized carbons (Fsp3) is 0.412. The van der Waals surface area contributed by atoms with Crippen LogP contribution in [0.2, 0.25) is 0 Å². The highest BCUT2D eigenvalue weighted by Crippen LogP contribution is 2.28. The van der Waals surface area contributed by atoms with Crippen LogP contribution >= 0.6 is 0 Å². The average molecular weight is 337 g/mol. The maximum absolute atomic E-state index is 12.2. The van der Waals surface area contributed by atoms with Crippen molar-refractivity contribution in [1.82, 2.24) is 4.90 Å². The van der Waals surface area contributed by atoms with Gasteiger partial charge in [0.15, 0.2) is 18.1 Å². The number of carbonyl (C=O) groups is 2. The van der Waals surface area contributed by atoms with Gasteiger partial charge in [-0.2, -0.15) is 0 Å². The largest absolute Gasteiger partial charge is 0.493 e. The van der Waals surface area contributed by atoms with Crippen LogP contribution in [0.25, 0.3) is 6.08 Å². The summed E-state index contributed by atoms with van der Waals surface area (Å²) in [6.45, 7) is 1.66. The van der Waals surface area contributed by atoms with Crippen molar-refractivity contribution in [2.75, 3.05) is 40.5 Å². The predicted octanol–water partition coefficient (Wildman–Crippen LogP) is 1.67. The number of ether oxygens (including phenoxy) is 3. The second-order valence-corrected chi connectivity index (χ2v) is 4.90. The third-order valence-corrected chi connectivity index (χ3v) is 3.14. The SMILES string of the molecule is C/C=C/c1ccc(OCC(=O)N(CCOC)CC(=O)O)c(OC)c1. The Bertz CT molecular complexity index is 584. The maximum Gasteiger partial charge on any atom is 0.323 e. The van der Waals surface area contributed by atoms with E-state index in [4.69, 9.17) is 19.3 Å². The summed E-state index contributed by atoms with van der Waals surface area (Å²) in [5.41, 5.74) is 0.945. The molecule has 132 valence electrons. The van der Waals surface area contributed by atoms with Gasteiger partial charge in [-0.05, 0) is 24.6 Å². The number of carboxylic acid groups (broad SMARTS) is 1. The molecule has 0 spiro atoms. The number of rotatable bonds is 10. The lowest BCUT2D eigenvalue weighted by Crippen LogP contribution is -2.40. The second-order valence-electron chi connectivity index (χ2n) is 4.90. The Morgan fingerprint density at radius 1 is 1.25 bits per heavy atom.